The van der Waals surface area contributed by atoms with Crippen molar-refractivity contribution < 1.29 is 25.8 Å². The third-order valence-corrected chi connectivity index (χ3v) is 5.57. The summed E-state index contributed by atoms with van der Waals surface area (Å²) in [5, 5.41) is -1.43. The molecule has 2 rings (SSSR count). The quantitative estimate of drug-likeness (QED) is 0.696. The largest absolute Gasteiger partial charge is 0.390 e. The van der Waals surface area contributed by atoms with E-state index in [2.05, 4.69) is 0 Å². The Hall–Kier alpha value is -0.300. The maximum atomic E-state index is 12.4. The van der Waals surface area contributed by atoms with Crippen LogP contribution in [0.1, 0.15) is 44.9 Å². The van der Waals surface area contributed by atoms with Gasteiger partial charge in [0, 0.05) is 0 Å². The fourth-order valence-corrected chi connectivity index (χ4v) is 4.59. The molecule has 0 aromatic heterocycles. The van der Waals surface area contributed by atoms with Crippen molar-refractivity contribution in [2.24, 2.45) is 5.41 Å². The van der Waals surface area contributed by atoms with Crippen molar-refractivity contribution in [1.29, 1.82) is 0 Å². The van der Waals surface area contributed by atoms with Crippen molar-refractivity contribution in [1.82, 2.24) is 0 Å². The monoisotopic (exact) mass is 286 g/mol. The zero-order valence-electron chi connectivity index (χ0n) is 10.0. The number of hydrogen-bond acceptors (Lipinski definition) is 3. The molecule has 1 aliphatic carbocycles. The van der Waals surface area contributed by atoms with E-state index in [0.29, 0.717) is 0 Å². The molecule has 2 fully saturated rings. The summed E-state index contributed by atoms with van der Waals surface area (Å²) >= 11 is 0. The highest BCUT2D eigenvalue weighted by Crippen LogP contribution is 2.46. The van der Waals surface area contributed by atoms with E-state index in [4.69, 9.17) is 4.18 Å². The third kappa shape index (κ3) is 3.17. The molecule has 3 nitrogen and oxygen atoms in total. The molecule has 2 aliphatic rings. The van der Waals surface area contributed by atoms with E-state index in [1.165, 1.54) is 0 Å². The van der Waals surface area contributed by atoms with Crippen molar-refractivity contribution in [2.75, 3.05) is 6.61 Å². The summed E-state index contributed by atoms with van der Waals surface area (Å²) in [5.74, 6) is 0. The summed E-state index contributed by atoms with van der Waals surface area (Å²) in [6.07, 6.45) is -1.16. The second-order valence-electron chi connectivity index (χ2n) is 5.46. The van der Waals surface area contributed by atoms with Crippen LogP contribution in [-0.4, -0.2) is 26.5 Å². The Morgan fingerprint density at radius 3 is 2.33 bits per heavy atom. The van der Waals surface area contributed by atoms with Crippen LogP contribution in [0, 0.1) is 5.41 Å². The molecule has 1 aliphatic heterocycles. The minimum absolute atomic E-state index is 0.0592. The van der Waals surface area contributed by atoms with Gasteiger partial charge in [0.25, 0.3) is 10.1 Å². The SMILES string of the molecule is O=S1(=O)OCC2(CCCCC2)CC1CC(F)(F)F. The number of rotatable bonds is 1. The van der Waals surface area contributed by atoms with E-state index in [0.717, 1.165) is 32.1 Å². The molecule has 1 unspecified atom stereocenters. The fraction of sp³-hybridized carbons (Fsp3) is 1.00. The summed E-state index contributed by atoms with van der Waals surface area (Å²) in [5.41, 5.74) is -0.348. The Labute approximate surface area is 105 Å². The first kappa shape index (κ1) is 14.1. The molecule has 7 heteroatoms. The lowest BCUT2D eigenvalue weighted by molar-refractivity contribution is -0.138. The zero-order valence-corrected chi connectivity index (χ0v) is 10.8. The van der Waals surface area contributed by atoms with E-state index in [9.17, 15) is 21.6 Å². The van der Waals surface area contributed by atoms with Crippen LogP contribution >= 0.6 is 0 Å². The van der Waals surface area contributed by atoms with E-state index >= 15 is 0 Å². The molecular weight excluding hydrogens is 269 g/mol. The van der Waals surface area contributed by atoms with E-state index in [1.807, 2.05) is 0 Å². The van der Waals surface area contributed by atoms with Crippen molar-refractivity contribution in [2.45, 2.75) is 56.4 Å². The average molecular weight is 286 g/mol. The van der Waals surface area contributed by atoms with Crippen LogP contribution in [0.15, 0.2) is 0 Å². The molecule has 1 saturated heterocycles. The van der Waals surface area contributed by atoms with Crippen LogP contribution in [0.2, 0.25) is 0 Å². The van der Waals surface area contributed by atoms with Gasteiger partial charge < -0.3 is 0 Å². The molecule has 1 spiro atoms. The number of alkyl halides is 3. The van der Waals surface area contributed by atoms with Gasteiger partial charge in [-0.1, -0.05) is 19.3 Å². The van der Waals surface area contributed by atoms with E-state index < -0.39 is 28.0 Å². The van der Waals surface area contributed by atoms with Crippen LogP contribution in [0.4, 0.5) is 13.2 Å². The molecule has 0 bridgehead atoms. The average Bonchev–Trinajstić information content (AvgIpc) is 2.24. The first-order chi connectivity index (χ1) is 8.23. The van der Waals surface area contributed by atoms with Crippen LogP contribution in [0.5, 0.6) is 0 Å². The maximum absolute atomic E-state index is 12.4. The lowest BCUT2D eigenvalue weighted by Crippen LogP contribution is -2.45. The minimum Gasteiger partial charge on any atom is -0.269 e. The molecule has 1 heterocycles. The van der Waals surface area contributed by atoms with E-state index in [-0.39, 0.29) is 18.4 Å². The Kier molecular flexibility index (Phi) is 3.66. The maximum Gasteiger partial charge on any atom is 0.390 e. The molecule has 0 N–H and O–H groups in total. The molecule has 0 amide bonds. The van der Waals surface area contributed by atoms with Gasteiger partial charge in [-0.15, -0.1) is 0 Å². The predicted molar refractivity (Wildman–Crippen MR) is 59.5 cm³/mol. The first-order valence-electron chi connectivity index (χ1n) is 6.18. The summed E-state index contributed by atoms with van der Waals surface area (Å²) in [6.45, 7) is 0.0592. The highest BCUT2D eigenvalue weighted by atomic mass is 32.2. The number of hydrogen-bond donors (Lipinski definition) is 0. The highest BCUT2D eigenvalue weighted by molar-refractivity contribution is 7.87. The van der Waals surface area contributed by atoms with Crippen LogP contribution < -0.4 is 0 Å². The topological polar surface area (TPSA) is 43.4 Å². The molecule has 1 atom stereocenters. The van der Waals surface area contributed by atoms with Crippen LogP contribution in [0.3, 0.4) is 0 Å². The van der Waals surface area contributed by atoms with Gasteiger partial charge in [0.05, 0.1) is 18.3 Å². The zero-order chi connectivity index (χ0) is 13.4. The second-order valence-corrected chi connectivity index (χ2v) is 7.35. The van der Waals surface area contributed by atoms with Gasteiger partial charge >= 0.3 is 6.18 Å². The van der Waals surface area contributed by atoms with Gasteiger partial charge in [-0.05, 0) is 24.7 Å². The Bertz CT molecular complexity index is 396. The molecule has 18 heavy (non-hydrogen) atoms. The predicted octanol–water partition coefficient (Wildman–Crippen LogP) is 3.01. The van der Waals surface area contributed by atoms with Crippen LogP contribution in [0.25, 0.3) is 0 Å². The minimum atomic E-state index is -4.46. The normalized spacial score (nSPS) is 31.4. The van der Waals surface area contributed by atoms with Gasteiger partial charge in [-0.25, -0.2) is 0 Å². The molecule has 106 valence electrons. The Balaban J connectivity index is 2.14. The summed E-state index contributed by atoms with van der Waals surface area (Å²) < 4.78 is 65.2. The third-order valence-electron chi connectivity index (χ3n) is 3.97. The lowest BCUT2D eigenvalue weighted by Gasteiger charge is -2.42. The Morgan fingerprint density at radius 1 is 1.17 bits per heavy atom. The smallest absolute Gasteiger partial charge is 0.269 e. The van der Waals surface area contributed by atoms with Crippen molar-refractivity contribution in [3.63, 3.8) is 0 Å². The molecule has 0 aromatic rings. The van der Waals surface area contributed by atoms with Gasteiger partial charge in [0.15, 0.2) is 0 Å². The van der Waals surface area contributed by atoms with Crippen LogP contribution in [-0.2, 0) is 14.3 Å². The van der Waals surface area contributed by atoms with Crippen molar-refractivity contribution >= 4 is 10.1 Å². The summed E-state index contributed by atoms with van der Waals surface area (Å²) in [4.78, 5) is 0. The molecule has 1 saturated carbocycles. The molecular formula is C11H17F3O3S. The van der Waals surface area contributed by atoms with Gasteiger partial charge in [0.2, 0.25) is 0 Å². The summed E-state index contributed by atoms with van der Waals surface area (Å²) in [6, 6.07) is 0. The van der Waals surface area contributed by atoms with Gasteiger partial charge in [-0.2, -0.15) is 21.6 Å². The standard InChI is InChI=1S/C11H17F3O3S/c12-11(13,14)7-9-6-10(4-2-1-3-5-10)8-17-18(9,15)16/h9H,1-8H2. The van der Waals surface area contributed by atoms with Crippen molar-refractivity contribution in [3.8, 4) is 0 Å². The molecule has 0 aromatic carbocycles. The fourth-order valence-electron chi connectivity index (χ4n) is 3.03. The Morgan fingerprint density at radius 2 is 1.78 bits per heavy atom. The first-order valence-corrected chi connectivity index (χ1v) is 7.65. The summed E-state index contributed by atoms with van der Waals surface area (Å²) in [7, 11) is -4.05. The second kappa shape index (κ2) is 4.67. The van der Waals surface area contributed by atoms with Gasteiger partial charge in [-0.3, -0.25) is 4.18 Å². The van der Waals surface area contributed by atoms with E-state index in [1.54, 1.807) is 0 Å². The van der Waals surface area contributed by atoms with Crippen molar-refractivity contribution in [3.05, 3.63) is 0 Å². The highest BCUT2D eigenvalue weighted by Gasteiger charge is 2.48. The number of halogens is 3. The molecule has 0 radical (unpaired) electrons. The lowest BCUT2D eigenvalue weighted by atomic mass is 9.71. The van der Waals surface area contributed by atoms with Gasteiger partial charge in [0.1, 0.15) is 0 Å².